The minimum Gasteiger partial charge on any atom is -0.490 e. The number of rotatable bonds is 6. The summed E-state index contributed by atoms with van der Waals surface area (Å²) in [5.41, 5.74) is 4.70. The number of halogens is 2. The average Bonchev–Trinajstić information content (AvgIpc) is 2.59. The van der Waals surface area contributed by atoms with Crippen LogP contribution >= 0.6 is 23.2 Å². The molecule has 25 heavy (non-hydrogen) atoms. The lowest BCUT2D eigenvalue weighted by atomic mass is 10.2. The number of carbonyl (C=O) groups is 2. The number of hydrogen-bond acceptors (Lipinski definition) is 4. The lowest BCUT2D eigenvalue weighted by Crippen LogP contribution is -2.43. The molecule has 2 aromatic carbocycles. The summed E-state index contributed by atoms with van der Waals surface area (Å²) in [6.45, 7) is 2.03. The highest BCUT2D eigenvalue weighted by molar-refractivity contribution is 6.36. The van der Waals surface area contributed by atoms with Crippen molar-refractivity contribution < 1.29 is 19.1 Å². The summed E-state index contributed by atoms with van der Waals surface area (Å²) in [4.78, 5) is 23.8. The van der Waals surface area contributed by atoms with E-state index in [4.69, 9.17) is 32.7 Å². The third-order valence-corrected chi connectivity index (χ3v) is 3.55. The molecule has 0 spiro atoms. The van der Waals surface area contributed by atoms with Crippen molar-refractivity contribution in [1.82, 2.24) is 10.9 Å². The minimum absolute atomic E-state index is 0.182. The summed E-state index contributed by atoms with van der Waals surface area (Å²) in [7, 11) is 0. The number of benzene rings is 2. The molecule has 0 heterocycles. The van der Waals surface area contributed by atoms with Gasteiger partial charge in [-0.1, -0.05) is 35.3 Å². The fourth-order valence-electron chi connectivity index (χ4n) is 1.89. The molecule has 0 aromatic heterocycles. The molecule has 0 atom stereocenters. The van der Waals surface area contributed by atoms with Crippen molar-refractivity contribution in [1.29, 1.82) is 0 Å². The smallest absolute Gasteiger partial charge is 0.276 e. The molecule has 6 nitrogen and oxygen atoms in total. The van der Waals surface area contributed by atoms with Crippen molar-refractivity contribution in [2.24, 2.45) is 0 Å². The zero-order valence-corrected chi connectivity index (χ0v) is 14.9. The second kappa shape index (κ2) is 9.15. The monoisotopic (exact) mass is 382 g/mol. The summed E-state index contributed by atoms with van der Waals surface area (Å²) in [5.74, 6) is -0.129. The van der Waals surface area contributed by atoms with Gasteiger partial charge in [0.05, 0.1) is 17.2 Å². The Balaban J connectivity index is 1.86. The normalized spacial score (nSPS) is 10.0. The molecule has 2 rings (SSSR count). The first kappa shape index (κ1) is 18.9. The van der Waals surface area contributed by atoms with Gasteiger partial charge in [0.2, 0.25) is 0 Å². The van der Waals surface area contributed by atoms with Gasteiger partial charge in [0, 0.05) is 5.02 Å². The van der Waals surface area contributed by atoms with Crippen LogP contribution in [0.3, 0.4) is 0 Å². The number of para-hydroxylation sites is 2. The quantitative estimate of drug-likeness (QED) is 0.751. The van der Waals surface area contributed by atoms with Crippen LogP contribution < -0.4 is 20.3 Å². The van der Waals surface area contributed by atoms with E-state index < -0.39 is 11.8 Å². The van der Waals surface area contributed by atoms with Gasteiger partial charge in [0.1, 0.15) is 0 Å². The molecule has 0 unspecified atom stereocenters. The molecule has 132 valence electrons. The lowest BCUT2D eigenvalue weighted by Gasteiger charge is -2.12. The molecule has 0 aliphatic heterocycles. The van der Waals surface area contributed by atoms with Crippen LogP contribution in [0, 0.1) is 0 Å². The highest BCUT2D eigenvalue weighted by Gasteiger charge is 2.12. The second-order valence-corrected chi connectivity index (χ2v) is 5.64. The highest BCUT2D eigenvalue weighted by atomic mass is 35.5. The van der Waals surface area contributed by atoms with Crippen LogP contribution in [0.1, 0.15) is 17.3 Å². The first-order chi connectivity index (χ1) is 12.0. The zero-order chi connectivity index (χ0) is 18.2. The number of hydrogen-bond donors (Lipinski definition) is 2. The molecule has 0 saturated heterocycles. The maximum atomic E-state index is 12.0. The number of amides is 2. The van der Waals surface area contributed by atoms with E-state index in [0.29, 0.717) is 23.1 Å². The molecule has 0 radical (unpaired) electrons. The lowest BCUT2D eigenvalue weighted by molar-refractivity contribution is -0.123. The Morgan fingerprint density at radius 1 is 1.00 bits per heavy atom. The van der Waals surface area contributed by atoms with Crippen LogP contribution in [-0.2, 0) is 4.79 Å². The van der Waals surface area contributed by atoms with Gasteiger partial charge in [-0.15, -0.1) is 0 Å². The molecule has 2 amide bonds. The Hall–Kier alpha value is -2.44. The van der Waals surface area contributed by atoms with Crippen molar-refractivity contribution in [2.45, 2.75) is 6.92 Å². The second-order valence-electron chi connectivity index (χ2n) is 4.79. The van der Waals surface area contributed by atoms with Gasteiger partial charge < -0.3 is 9.47 Å². The molecule has 0 bridgehead atoms. The molecule has 0 aliphatic rings. The van der Waals surface area contributed by atoms with Gasteiger partial charge in [-0.05, 0) is 37.3 Å². The number of ether oxygens (including phenoxy) is 2. The molecular weight excluding hydrogens is 367 g/mol. The van der Waals surface area contributed by atoms with Crippen molar-refractivity contribution in [3.05, 3.63) is 58.1 Å². The van der Waals surface area contributed by atoms with E-state index in [-0.39, 0.29) is 17.2 Å². The zero-order valence-electron chi connectivity index (χ0n) is 13.3. The maximum absolute atomic E-state index is 12.0. The van der Waals surface area contributed by atoms with Crippen LogP contribution in [0.15, 0.2) is 42.5 Å². The Morgan fingerprint density at radius 3 is 2.32 bits per heavy atom. The summed E-state index contributed by atoms with van der Waals surface area (Å²) < 4.78 is 10.8. The van der Waals surface area contributed by atoms with Gasteiger partial charge >= 0.3 is 0 Å². The highest BCUT2D eigenvalue weighted by Crippen LogP contribution is 2.26. The molecule has 2 aromatic rings. The van der Waals surface area contributed by atoms with Crippen LogP contribution in [0.5, 0.6) is 11.5 Å². The van der Waals surface area contributed by atoms with E-state index in [1.165, 1.54) is 18.2 Å². The topological polar surface area (TPSA) is 76.7 Å². The predicted octanol–water partition coefficient (Wildman–Crippen LogP) is 3.23. The molecule has 8 heteroatoms. The van der Waals surface area contributed by atoms with Gasteiger partial charge in [-0.25, -0.2) is 0 Å². The van der Waals surface area contributed by atoms with E-state index >= 15 is 0 Å². The van der Waals surface area contributed by atoms with Crippen LogP contribution in [0.25, 0.3) is 0 Å². The summed E-state index contributed by atoms with van der Waals surface area (Å²) in [5, 5.41) is 0.591. The fourth-order valence-corrected chi connectivity index (χ4v) is 2.39. The Kier molecular flexibility index (Phi) is 6.91. The van der Waals surface area contributed by atoms with Crippen molar-refractivity contribution in [2.75, 3.05) is 13.2 Å². The van der Waals surface area contributed by atoms with Gasteiger partial charge in [0.25, 0.3) is 11.8 Å². The summed E-state index contributed by atoms with van der Waals surface area (Å²) in [6.07, 6.45) is 0. The molecular formula is C17H16Cl2N2O4. The average molecular weight is 383 g/mol. The third-order valence-electron chi connectivity index (χ3n) is 3.00. The van der Waals surface area contributed by atoms with E-state index in [0.717, 1.165) is 0 Å². The van der Waals surface area contributed by atoms with E-state index in [9.17, 15) is 9.59 Å². The van der Waals surface area contributed by atoms with E-state index in [1.807, 2.05) is 6.92 Å². The van der Waals surface area contributed by atoms with E-state index in [1.54, 1.807) is 24.3 Å². The predicted molar refractivity (Wildman–Crippen MR) is 95.2 cm³/mol. The standard InChI is InChI=1S/C17H16Cl2N2O4/c1-2-24-14-5-3-4-6-15(14)25-10-16(22)20-21-17(23)12-8-7-11(18)9-13(12)19/h3-9H,2,10H2,1H3,(H,20,22)(H,21,23). The first-order valence-corrected chi connectivity index (χ1v) is 8.15. The van der Waals surface area contributed by atoms with Gasteiger partial charge in [0.15, 0.2) is 18.1 Å². The largest absolute Gasteiger partial charge is 0.490 e. The molecule has 2 N–H and O–H groups in total. The van der Waals surface area contributed by atoms with Gasteiger partial charge in [-0.3, -0.25) is 20.4 Å². The Bertz CT molecular complexity index is 768. The van der Waals surface area contributed by atoms with Crippen molar-refractivity contribution >= 4 is 35.0 Å². The number of nitrogens with one attached hydrogen (secondary N) is 2. The number of carbonyl (C=O) groups excluding carboxylic acids is 2. The van der Waals surface area contributed by atoms with Crippen LogP contribution in [0.2, 0.25) is 10.0 Å². The van der Waals surface area contributed by atoms with E-state index in [2.05, 4.69) is 10.9 Å². The third kappa shape index (κ3) is 5.55. The fraction of sp³-hybridized carbons (Fsp3) is 0.176. The maximum Gasteiger partial charge on any atom is 0.276 e. The van der Waals surface area contributed by atoms with Crippen LogP contribution in [-0.4, -0.2) is 25.0 Å². The summed E-state index contributed by atoms with van der Waals surface area (Å²) >= 11 is 11.7. The van der Waals surface area contributed by atoms with Gasteiger partial charge in [-0.2, -0.15) is 0 Å². The Morgan fingerprint density at radius 2 is 1.68 bits per heavy atom. The molecule has 0 saturated carbocycles. The summed E-state index contributed by atoms with van der Waals surface area (Å²) in [6, 6.07) is 11.4. The first-order valence-electron chi connectivity index (χ1n) is 7.40. The van der Waals surface area contributed by atoms with Crippen molar-refractivity contribution in [3.63, 3.8) is 0 Å². The Labute approximate surface area is 155 Å². The molecule has 0 aliphatic carbocycles. The van der Waals surface area contributed by atoms with Crippen LogP contribution in [0.4, 0.5) is 0 Å². The number of hydrazine groups is 1. The SMILES string of the molecule is CCOc1ccccc1OCC(=O)NNC(=O)c1ccc(Cl)cc1Cl. The molecule has 0 fully saturated rings. The minimum atomic E-state index is -0.565. The van der Waals surface area contributed by atoms with Crippen molar-refractivity contribution in [3.8, 4) is 11.5 Å².